The predicted molar refractivity (Wildman–Crippen MR) is 115 cm³/mol. The summed E-state index contributed by atoms with van der Waals surface area (Å²) in [6.07, 6.45) is 8.04. The van der Waals surface area contributed by atoms with Crippen LogP contribution in [0, 0.1) is 0 Å². The van der Waals surface area contributed by atoms with E-state index < -0.39 is 0 Å². The van der Waals surface area contributed by atoms with Crippen LogP contribution < -0.4 is 0 Å². The van der Waals surface area contributed by atoms with Crippen LogP contribution in [0.3, 0.4) is 0 Å². The number of nitrogens with zero attached hydrogens (tertiary/aromatic N) is 1. The average Bonchev–Trinajstić information content (AvgIpc) is 3.22. The van der Waals surface area contributed by atoms with Gasteiger partial charge in [0.25, 0.3) is 0 Å². The van der Waals surface area contributed by atoms with Gasteiger partial charge in [0.2, 0.25) is 0 Å². The minimum absolute atomic E-state index is 0.484. The molecule has 2 aromatic rings. The molecule has 0 spiro atoms. The summed E-state index contributed by atoms with van der Waals surface area (Å²) in [5, 5.41) is 0. The maximum atomic E-state index is 6.02. The van der Waals surface area contributed by atoms with Crippen molar-refractivity contribution in [3.63, 3.8) is 0 Å². The lowest BCUT2D eigenvalue weighted by atomic mass is 10.0. The van der Waals surface area contributed by atoms with Crippen LogP contribution in [0.15, 0.2) is 48.5 Å². The van der Waals surface area contributed by atoms with Crippen LogP contribution in [-0.4, -0.2) is 24.1 Å². The van der Waals surface area contributed by atoms with E-state index in [0.29, 0.717) is 6.10 Å². The first-order chi connectivity index (χ1) is 13.3. The number of ether oxygens (including phenoxy) is 1. The standard InChI is InChI=1S/C25H35NO/c1-3-17-26(18-4-2)19-21-9-13-23(14-10-21)24-15-11-22(12-16-24)20-27-25-7-5-6-8-25/h9-16,25H,3-8,17-20H2,1-2H3. The highest BCUT2D eigenvalue weighted by atomic mass is 16.5. The molecule has 1 aliphatic carbocycles. The van der Waals surface area contributed by atoms with Gasteiger partial charge in [-0.25, -0.2) is 0 Å². The zero-order valence-corrected chi connectivity index (χ0v) is 17.1. The summed E-state index contributed by atoms with van der Waals surface area (Å²) in [6, 6.07) is 18.0. The number of hydrogen-bond donors (Lipinski definition) is 0. The Labute approximate surface area is 165 Å². The molecule has 146 valence electrons. The Kier molecular flexibility index (Phi) is 7.92. The second-order valence-corrected chi connectivity index (χ2v) is 7.89. The molecule has 3 rings (SSSR count). The molecule has 0 unspecified atom stereocenters. The molecule has 0 heterocycles. The van der Waals surface area contributed by atoms with E-state index in [2.05, 4.69) is 67.3 Å². The number of rotatable bonds is 10. The molecule has 0 amide bonds. The molecule has 0 atom stereocenters. The van der Waals surface area contributed by atoms with E-state index in [1.165, 1.54) is 73.9 Å². The fourth-order valence-corrected chi connectivity index (χ4v) is 4.03. The second kappa shape index (κ2) is 10.6. The van der Waals surface area contributed by atoms with Crippen LogP contribution in [0.1, 0.15) is 63.5 Å². The number of benzene rings is 2. The molecule has 0 N–H and O–H groups in total. The summed E-state index contributed by atoms with van der Waals surface area (Å²) < 4.78 is 6.02. The maximum absolute atomic E-state index is 6.02. The van der Waals surface area contributed by atoms with Crippen LogP contribution in [0.4, 0.5) is 0 Å². The van der Waals surface area contributed by atoms with Crippen LogP contribution in [0.25, 0.3) is 11.1 Å². The third-order valence-electron chi connectivity index (χ3n) is 5.51. The molecule has 1 fully saturated rings. The Bertz CT molecular complexity index is 650. The van der Waals surface area contributed by atoms with E-state index in [0.717, 1.165) is 13.2 Å². The Hall–Kier alpha value is -1.64. The number of hydrogen-bond acceptors (Lipinski definition) is 2. The molecule has 1 saturated carbocycles. The van der Waals surface area contributed by atoms with Gasteiger partial charge in [0.05, 0.1) is 12.7 Å². The van der Waals surface area contributed by atoms with E-state index in [1.54, 1.807) is 0 Å². The molecule has 0 aliphatic heterocycles. The third kappa shape index (κ3) is 6.19. The molecular weight excluding hydrogens is 330 g/mol. The van der Waals surface area contributed by atoms with Crippen molar-refractivity contribution in [3.05, 3.63) is 59.7 Å². The Morgan fingerprint density at radius 1 is 0.778 bits per heavy atom. The lowest BCUT2D eigenvalue weighted by Crippen LogP contribution is -2.24. The monoisotopic (exact) mass is 365 g/mol. The molecule has 2 aromatic carbocycles. The van der Waals surface area contributed by atoms with Crippen molar-refractivity contribution in [2.45, 2.75) is 71.6 Å². The summed E-state index contributed by atoms with van der Waals surface area (Å²) in [7, 11) is 0. The maximum Gasteiger partial charge on any atom is 0.0720 e. The van der Waals surface area contributed by atoms with Crippen molar-refractivity contribution in [1.82, 2.24) is 4.90 Å². The molecule has 0 aromatic heterocycles. The summed E-state index contributed by atoms with van der Waals surface area (Å²) in [4.78, 5) is 2.55. The van der Waals surface area contributed by atoms with Crippen LogP contribution in [0.2, 0.25) is 0 Å². The highest BCUT2D eigenvalue weighted by molar-refractivity contribution is 5.63. The van der Waals surface area contributed by atoms with Gasteiger partial charge in [-0.1, -0.05) is 75.2 Å². The fourth-order valence-electron chi connectivity index (χ4n) is 4.03. The molecule has 2 nitrogen and oxygen atoms in total. The van der Waals surface area contributed by atoms with Gasteiger partial charge in [0, 0.05) is 6.54 Å². The smallest absolute Gasteiger partial charge is 0.0720 e. The van der Waals surface area contributed by atoms with Gasteiger partial charge in [-0.2, -0.15) is 0 Å². The zero-order chi connectivity index (χ0) is 18.9. The normalized spacial score (nSPS) is 14.9. The van der Waals surface area contributed by atoms with Gasteiger partial charge < -0.3 is 4.74 Å². The first-order valence-corrected chi connectivity index (χ1v) is 10.8. The molecular formula is C25H35NO. The fraction of sp³-hybridized carbons (Fsp3) is 0.520. The lowest BCUT2D eigenvalue weighted by Gasteiger charge is -2.21. The topological polar surface area (TPSA) is 12.5 Å². The summed E-state index contributed by atoms with van der Waals surface area (Å²) in [5.41, 5.74) is 5.25. The molecule has 2 heteroatoms. The molecule has 1 aliphatic rings. The van der Waals surface area contributed by atoms with Gasteiger partial charge in [0.1, 0.15) is 0 Å². The van der Waals surface area contributed by atoms with E-state index in [-0.39, 0.29) is 0 Å². The first kappa shape index (κ1) is 20.1. The van der Waals surface area contributed by atoms with Crippen molar-refractivity contribution in [3.8, 4) is 11.1 Å². The first-order valence-electron chi connectivity index (χ1n) is 10.8. The van der Waals surface area contributed by atoms with Crippen LogP contribution in [0.5, 0.6) is 0 Å². The predicted octanol–water partition coefficient (Wildman–Crippen LogP) is 6.43. The zero-order valence-electron chi connectivity index (χ0n) is 17.1. The summed E-state index contributed by atoms with van der Waals surface area (Å²) >= 11 is 0. The summed E-state index contributed by atoms with van der Waals surface area (Å²) in [5.74, 6) is 0. The SMILES string of the molecule is CCCN(CCC)Cc1ccc(-c2ccc(COC3CCCC3)cc2)cc1. The van der Waals surface area contributed by atoms with Gasteiger partial charge in [-0.3, -0.25) is 4.90 Å². The van der Waals surface area contributed by atoms with Crippen molar-refractivity contribution in [1.29, 1.82) is 0 Å². The van der Waals surface area contributed by atoms with Gasteiger partial charge >= 0.3 is 0 Å². The van der Waals surface area contributed by atoms with Crippen molar-refractivity contribution in [2.75, 3.05) is 13.1 Å². The van der Waals surface area contributed by atoms with E-state index >= 15 is 0 Å². The highest BCUT2D eigenvalue weighted by Crippen LogP contribution is 2.24. The Morgan fingerprint density at radius 2 is 1.30 bits per heavy atom. The van der Waals surface area contributed by atoms with Crippen molar-refractivity contribution < 1.29 is 4.74 Å². The van der Waals surface area contributed by atoms with Crippen LogP contribution in [-0.2, 0) is 17.9 Å². The van der Waals surface area contributed by atoms with Gasteiger partial charge in [-0.05, 0) is 61.0 Å². The van der Waals surface area contributed by atoms with Gasteiger partial charge in [0.15, 0.2) is 0 Å². The lowest BCUT2D eigenvalue weighted by molar-refractivity contribution is 0.0457. The van der Waals surface area contributed by atoms with E-state index in [4.69, 9.17) is 4.74 Å². The Morgan fingerprint density at radius 3 is 1.81 bits per heavy atom. The minimum atomic E-state index is 0.484. The van der Waals surface area contributed by atoms with E-state index in [1.807, 2.05) is 0 Å². The van der Waals surface area contributed by atoms with E-state index in [9.17, 15) is 0 Å². The molecule has 0 saturated heterocycles. The third-order valence-corrected chi connectivity index (χ3v) is 5.51. The molecule has 0 bridgehead atoms. The molecule has 27 heavy (non-hydrogen) atoms. The quantitative estimate of drug-likeness (QED) is 0.481. The Balaban J connectivity index is 1.56. The average molecular weight is 366 g/mol. The minimum Gasteiger partial charge on any atom is -0.374 e. The highest BCUT2D eigenvalue weighted by Gasteiger charge is 2.15. The second-order valence-electron chi connectivity index (χ2n) is 7.89. The van der Waals surface area contributed by atoms with Crippen molar-refractivity contribution >= 4 is 0 Å². The van der Waals surface area contributed by atoms with Crippen LogP contribution >= 0.6 is 0 Å². The summed E-state index contributed by atoms with van der Waals surface area (Å²) in [6.45, 7) is 8.68. The largest absolute Gasteiger partial charge is 0.374 e. The van der Waals surface area contributed by atoms with Crippen molar-refractivity contribution in [2.24, 2.45) is 0 Å². The van der Waals surface area contributed by atoms with Gasteiger partial charge in [-0.15, -0.1) is 0 Å². The molecule has 0 radical (unpaired) electrons.